The van der Waals surface area contributed by atoms with Crippen molar-refractivity contribution in [1.29, 1.82) is 5.26 Å². The first-order valence-electron chi connectivity index (χ1n) is 19.2. The van der Waals surface area contributed by atoms with E-state index in [1.165, 1.54) is 62.5 Å². The largest absolute Gasteiger partial charge is 0.372 e. The highest BCUT2D eigenvalue weighted by Gasteiger charge is 2.33. The molecule has 1 aliphatic heterocycles. The normalized spacial score (nSPS) is 21.9. The Hall–Kier alpha value is -4.50. The summed E-state index contributed by atoms with van der Waals surface area (Å²) in [5, 5.41) is 12.5. The summed E-state index contributed by atoms with van der Waals surface area (Å²) in [6.07, 6.45) is 21.7. The Morgan fingerprint density at radius 3 is 2.31 bits per heavy atom. The van der Waals surface area contributed by atoms with Gasteiger partial charge in [0.15, 0.2) is 0 Å². The fraction of sp³-hybridized carbons (Fsp3) is 0.467. The number of nitrogens with zero attached hydrogens (tertiary/aromatic N) is 4. The Bertz CT molecular complexity index is 1660. The maximum absolute atomic E-state index is 13.3. The van der Waals surface area contributed by atoms with E-state index in [-0.39, 0.29) is 17.9 Å². The highest BCUT2D eigenvalue weighted by molar-refractivity contribution is 5.94. The number of aryl methyl sites for hydroxylation is 1. The van der Waals surface area contributed by atoms with Gasteiger partial charge in [0.05, 0.1) is 12.1 Å². The maximum atomic E-state index is 13.3. The van der Waals surface area contributed by atoms with Crippen LogP contribution in [0, 0.1) is 35.0 Å². The minimum atomic E-state index is -0.294. The lowest BCUT2D eigenvalue weighted by molar-refractivity contribution is 0.0924. The van der Waals surface area contributed by atoms with Crippen molar-refractivity contribution >= 4 is 18.3 Å². The third-order valence-corrected chi connectivity index (χ3v) is 11.5. The summed E-state index contributed by atoms with van der Waals surface area (Å²) in [4.78, 5) is 24.5. The van der Waals surface area contributed by atoms with Gasteiger partial charge in [0.2, 0.25) is 0 Å². The van der Waals surface area contributed by atoms with E-state index in [4.69, 9.17) is 4.99 Å². The van der Waals surface area contributed by atoms with Gasteiger partial charge in [-0.15, -0.1) is 0 Å². The zero-order chi connectivity index (χ0) is 36.2. The second-order valence-electron chi connectivity index (χ2n) is 14.8. The molecule has 1 saturated carbocycles. The fourth-order valence-corrected chi connectivity index (χ4v) is 8.05. The summed E-state index contributed by atoms with van der Waals surface area (Å²) < 4.78 is 0. The lowest BCUT2D eigenvalue weighted by atomic mass is 9.70. The molecule has 6 heteroatoms. The standard InChI is InChI=1S/C45H57N5O/c1-6-8-35-15-17-38(18-16-35)39-21-23-40(24-22-39)42(28-47-5)29-48-27-37-11-9-36(10-12-37)25-44(33(4)50-30-43(31-50)32(3)26-46)49-45(51)41-19-13-34(7-2)14-20-41/h9-14,19-20,23,27-29,35,38-39,43-44H,3-4,6-8,15-18,21-22,24-25,30-31H2,1-2,5H3,(H,49,51)/b42-29+,47-28-,48-27+/t35?,38?,39?,44-/m0/s1. The van der Waals surface area contributed by atoms with E-state index in [0.717, 1.165) is 53.0 Å². The molecule has 0 spiro atoms. The van der Waals surface area contributed by atoms with Gasteiger partial charge in [-0.1, -0.05) is 95.2 Å². The van der Waals surface area contributed by atoms with Crippen molar-refractivity contribution in [2.75, 3.05) is 20.1 Å². The van der Waals surface area contributed by atoms with E-state index < -0.39 is 0 Å². The van der Waals surface area contributed by atoms with Crippen molar-refractivity contribution in [3.05, 3.63) is 119 Å². The first kappa shape index (κ1) is 37.7. The number of allylic oxidation sites excluding steroid dienone is 3. The zero-order valence-electron chi connectivity index (χ0n) is 31.1. The maximum Gasteiger partial charge on any atom is 0.251 e. The third kappa shape index (κ3) is 10.3. The number of rotatable bonds is 15. The number of carbonyl (C=O) groups excluding carboxylic acids is 1. The molecule has 1 amide bonds. The SMILES string of the molecule is C=C(C#N)C1CN(C(=C)[C@H](Cc2ccc(/C=N/C=C(\C=N/C)C3=CCC(C4CCC(CCC)CC4)CC3)cc2)NC(=O)c2ccc(CC)cc2)C1. The number of benzene rings is 2. The lowest BCUT2D eigenvalue weighted by Gasteiger charge is -2.44. The first-order chi connectivity index (χ1) is 24.8. The number of carbonyl (C=O) groups is 1. The Morgan fingerprint density at radius 1 is 1.00 bits per heavy atom. The molecule has 2 atom stereocenters. The fourth-order valence-electron chi connectivity index (χ4n) is 8.05. The van der Waals surface area contributed by atoms with Gasteiger partial charge in [-0.3, -0.25) is 14.8 Å². The number of hydrogen-bond donors (Lipinski definition) is 1. The summed E-state index contributed by atoms with van der Waals surface area (Å²) >= 11 is 0. The summed E-state index contributed by atoms with van der Waals surface area (Å²) in [6.45, 7) is 14.1. The average molecular weight is 684 g/mol. The van der Waals surface area contributed by atoms with Crippen LogP contribution in [0.15, 0.2) is 106 Å². The van der Waals surface area contributed by atoms with E-state index in [0.29, 0.717) is 30.6 Å². The van der Waals surface area contributed by atoms with Crippen LogP contribution >= 0.6 is 0 Å². The lowest BCUT2D eigenvalue weighted by Crippen LogP contribution is -2.52. The Kier molecular flexibility index (Phi) is 13.8. The van der Waals surface area contributed by atoms with Crippen molar-refractivity contribution < 1.29 is 4.79 Å². The van der Waals surface area contributed by atoms with E-state index in [2.05, 4.69) is 78.6 Å². The highest BCUT2D eigenvalue weighted by atomic mass is 16.1. The third-order valence-electron chi connectivity index (χ3n) is 11.5. The van der Waals surface area contributed by atoms with E-state index in [9.17, 15) is 10.1 Å². The van der Waals surface area contributed by atoms with E-state index in [1.54, 1.807) is 0 Å². The van der Waals surface area contributed by atoms with Crippen LogP contribution in [0.5, 0.6) is 0 Å². The van der Waals surface area contributed by atoms with Gasteiger partial charge >= 0.3 is 0 Å². The van der Waals surface area contributed by atoms with Crippen LogP contribution in [0.4, 0.5) is 0 Å². The van der Waals surface area contributed by atoms with E-state index >= 15 is 0 Å². The Balaban J connectivity index is 1.21. The van der Waals surface area contributed by atoms with Gasteiger partial charge in [-0.2, -0.15) is 5.26 Å². The molecular formula is C45H57N5O. The molecule has 2 aromatic rings. The molecule has 2 fully saturated rings. The predicted molar refractivity (Wildman–Crippen MR) is 212 cm³/mol. The van der Waals surface area contributed by atoms with Crippen molar-refractivity contribution in [3.8, 4) is 6.07 Å². The molecule has 0 bridgehead atoms. The zero-order valence-corrected chi connectivity index (χ0v) is 31.1. The molecular weight excluding hydrogens is 627 g/mol. The Morgan fingerprint density at radius 2 is 1.71 bits per heavy atom. The summed E-state index contributed by atoms with van der Waals surface area (Å²) in [6, 6.07) is 18.0. The molecule has 51 heavy (non-hydrogen) atoms. The molecule has 1 unspecified atom stereocenters. The summed E-state index contributed by atoms with van der Waals surface area (Å²) in [7, 11) is 1.83. The monoisotopic (exact) mass is 683 g/mol. The minimum absolute atomic E-state index is 0.123. The predicted octanol–water partition coefficient (Wildman–Crippen LogP) is 9.45. The van der Waals surface area contributed by atoms with Gasteiger partial charge < -0.3 is 10.2 Å². The second-order valence-corrected chi connectivity index (χ2v) is 14.8. The topological polar surface area (TPSA) is 80.8 Å². The van der Waals surface area contributed by atoms with Gasteiger partial charge in [0.1, 0.15) is 0 Å². The molecule has 6 nitrogen and oxygen atoms in total. The van der Waals surface area contributed by atoms with Crippen LogP contribution in [0.2, 0.25) is 0 Å². The van der Waals surface area contributed by atoms with Crippen LogP contribution in [0.25, 0.3) is 0 Å². The summed E-state index contributed by atoms with van der Waals surface area (Å²) in [5.41, 5.74) is 7.83. The first-order valence-corrected chi connectivity index (χ1v) is 19.2. The van der Waals surface area contributed by atoms with Gasteiger partial charge in [-0.05, 0) is 97.1 Å². The second kappa shape index (κ2) is 18.7. The molecule has 1 saturated heterocycles. The molecule has 0 aromatic heterocycles. The molecule has 1 heterocycles. The van der Waals surface area contributed by atoms with Crippen molar-refractivity contribution in [2.45, 2.75) is 90.5 Å². The molecule has 5 rings (SSSR count). The van der Waals surface area contributed by atoms with Crippen molar-refractivity contribution in [2.24, 2.45) is 33.7 Å². The van der Waals surface area contributed by atoms with Crippen LogP contribution in [-0.2, 0) is 12.8 Å². The number of nitriles is 1. The Labute approximate surface area is 306 Å². The smallest absolute Gasteiger partial charge is 0.251 e. The quantitative estimate of drug-likeness (QED) is 0.150. The number of hydrogen-bond acceptors (Lipinski definition) is 5. The number of amides is 1. The summed E-state index contributed by atoms with van der Waals surface area (Å²) in [5.74, 6) is 2.69. The van der Waals surface area contributed by atoms with Crippen LogP contribution in [-0.4, -0.2) is 49.4 Å². The molecule has 268 valence electrons. The van der Waals surface area contributed by atoms with Crippen molar-refractivity contribution in [3.63, 3.8) is 0 Å². The highest BCUT2D eigenvalue weighted by Crippen LogP contribution is 2.41. The molecule has 1 N–H and O–H groups in total. The van der Waals surface area contributed by atoms with Gasteiger partial charge in [0, 0.05) is 67.1 Å². The number of aliphatic imine (C=N–C) groups is 2. The van der Waals surface area contributed by atoms with Crippen LogP contribution < -0.4 is 5.32 Å². The van der Waals surface area contributed by atoms with E-state index in [1.807, 2.05) is 49.9 Å². The minimum Gasteiger partial charge on any atom is -0.372 e. The molecule has 0 radical (unpaired) electrons. The van der Waals surface area contributed by atoms with Crippen LogP contribution in [0.1, 0.15) is 98.7 Å². The van der Waals surface area contributed by atoms with Crippen molar-refractivity contribution in [1.82, 2.24) is 10.2 Å². The molecule has 3 aliphatic rings. The molecule has 2 aromatic carbocycles. The number of nitrogens with one attached hydrogen (secondary N) is 1. The van der Waals surface area contributed by atoms with Crippen LogP contribution in [0.3, 0.4) is 0 Å². The van der Waals surface area contributed by atoms with Gasteiger partial charge in [-0.25, -0.2) is 0 Å². The molecule has 2 aliphatic carbocycles. The number of likely N-dealkylation sites (tertiary alicyclic amines) is 1. The average Bonchev–Trinajstić information content (AvgIpc) is 3.14. The van der Waals surface area contributed by atoms with Gasteiger partial charge in [0.25, 0.3) is 5.91 Å².